The van der Waals surface area contributed by atoms with Gasteiger partial charge in [0.05, 0.1) is 5.56 Å². The van der Waals surface area contributed by atoms with Crippen molar-refractivity contribution in [1.29, 1.82) is 5.26 Å². The standard InChI is InChI=1S/C21H20N2O4/c22-13-16(20(24)23-17-7-2-1-3-8-17)12-18-9-10-19(27-18)14-5-4-6-15(11-14)21(25)26/h4-6,9-12,17H,1-3,7-8H2,(H,23,24)(H,25,26)/b16-12+. The Kier molecular flexibility index (Phi) is 5.72. The van der Waals surface area contributed by atoms with Gasteiger partial charge in [0.25, 0.3) is 5.91 Å². The van der Waals surface area contributed by atoms with Gasteiger partial charge in [0.15, 0.2) is 0 Å². The van der Waals surface area contributed by atoms with E-state index >= 15 is 0 Å². The smallest absolute Gasteiger partial charge is 0.335 e. The lowest BCUT2D eigenvalue weighted by Gasteiger charge is -2.22. The van der Waals surface area contributed by atoms with Gasteiger partial charge in [-0.05, 0) is 37.1 Å². The van der Waals surface area contributed by atoms with Crippen molar-refractivity contribution in [2.24, 2.45) is 0 Å². The van der Waals surface area contributed by atoms with Gasteiger partial charge in [-0.25, -0.2) is 4.79 Å². The number of furan rings is 1. The second kappa shape index (κ2) is 8.37. The summed E-state index contributed by atoms with van der Waals surface area (Å²) in [6.07, 6.45) is 6.65. The summed E-state index contributed by atoms with van der Waals surface area (Å²) in [7, 11) is 0. The maximum Gasteiger partial charge on any atom is 0.335 e. The van der Waals surface area contributed by atoms with E-state index in [1.54, 1.807) is 24.3 Å². The minimum Gasteiger partial charge on any atom is -0.478 e. The number of nitrogens with zero attached hydrogens (tertiary/aromatic N) is 1. The zero-order valence-electron chi connectivity index (χ0n) is 14.8. The molecule has 1 aromatic heterocycles. The number of carbonyl (C=O) groups excluding carboxylic acids is 1. The summed E-state index contributed by atoms with van der Waals surface area (Å²) in [5.74, 6) is -0.583. The molecule has 0 saturated heterocycles. The van der Waals surface area contributed by atoms with Crippen molar-refractivity contribution in [3.8, 4) is 17.4 Å². The van der Waals surface area contributed by atoms with Crippen LogP contribution < -0.4 is 5.32 Å². The number of rotatable bonds is 5. The number of carboxylic acid groups (broad SMARTS) is 1. The van der Waals surface area contributed by atoms with Crippen molar-refractivity contribution in [3.63, 3.8) is 0 Å². The number of aromatic carboxylic acids is 1. The van der Waals surface area contributed by atoms with Crippen LogP contribution in [0.1, 0.15) is 48.2 Å². The van der Waals surface area contributed by atoms with Crippen LogP contribution in [0.5, 0.6) is 0 Å². The SMILES string of the molecule is N#C/C(=C\c1ccc(-c2cccc(C(=O)O)c2)o1)C(=O)NC1CCCCC1. The van der Waals surface area contributed by atoms with Crippen LogP contribution in [0.3, 0.4) is 0 Å². The van der Waals surface area contributed by atoms with Gasteiger partial charge in [0, 0.05) is 17.7 Å². The quantitative estimate of drug-likeness (QED) is 0.616. The first-order valence-electron chi connectivity index (χ1n) is 8.93. The molecule has 0 spiro atoms. The van der Waals surface area contributed by atoms with Crippen molar-refractivity contribution in [1.82, 2.24) is 5.32 Å². The molecular formula is C21H20N2O4. The molecule has 1 aliphatic rings. The molecule has 2 N–H and O–H groups in total. The van der Waals surface area contributed by atoms with Gasteiger partial charge in [-0.15, -0.1) is 0 Å². The molecule has 138 valence electrons. The largest absolute Gasteiger partial charge is 0.478 e. The molecular weight excluding hydrogens is 344 g/mol. The number of benzene rings is 1. The number of nitriles is 1. The van der Waals surface area contributed by atoms with Gasteiger partial charge in [-0.3, -0.25) is 4.79 Å². The van der Waals surface area contributed by atoms with E-state index in [4.69, 9.17) is 9.52 Å². The zero-order chi connectivity index (χ0) is 19.2. The lowest BCUT2D eigenvalue weighted by molar-refractivity contribution is -0.117. The zero-order valence-corrected chi connectivity index (χ0v) is 14.8. The van der Waals surface area contributed by atoms with E-state index in [0.29, 0.717) is 17.1 Å². The minimum absolute atomic E-state index is 0.0132. The summed E-state index contributed by atoms with van der Waals surface area (Å²) in [6.45, 7) is 0. The Morgan fingerprint density at radius 2 is 1.96 bits per heavy atom. The van der Waals surface area contributed by atoms with Crippen LogP contribution in [0.4, 0.5) is 0 Å². The Balaban J connectivity index is 1.76. The molecule has 0 unspecified atom stereocenters. The molecule has 1 amide bonds. The maximum atomic E-state index is 12.3. The van der Waals surface area contributed by atoms with Crippen molar-refractivity contribution < 1.29 is 19.1 Å². The fraction of sp³-hybridized carbons (Fsp3) is 0.286. The summed E-state index contributed by atoms with van der Waals surface area (Å²) in [5.41, 5.74) is 0.756. The average molecular weight is 364 g/mol. The summed E-state index contributed by atoms with van der Waals surface area (Å²) in [6, 6.07) is 11.8. The molecule has 1 heterocycles. The van der Waals surface area contributed by atoms with Crippen LogP contribution in [0.15, 0.2) is 46.4 Å². The Bertz CT molecular complexity index is 914. The van der Waals surface area contributed by atoms with Crippen molar-refractivity contribution in [3.05, 3.63) is 53.3 Å². The Morgan fingerprint density at radius 3 is 2.67 bits per heavy atom. The van der Waals surface area contributed by atoms with Gasteiger partial charge >= 0.3 is 5.97 Å². The van der Waals surface area contributed by atoms with Crippen LogP contribution >= 0.6 is 0 Å². The number of carbonyl (C=O) groups is 2. The monoisotopic (exact) mass is 364 g/mol. The molecule has 27 heavy (non-hydrogen) atoms. The van der Waals surface area contributed by atoms with E-state index in [-0.39, 0.29) is 17.2 Å². The first-order chi connectivity index (χ1) is 13.1. The second-order valence-electron chi connectivity index (χ2n) is 6.57. The number of carboxylic acids is 1. The van der Waals surface area contributed by atoms with Gasteiger partial charge in [-0.1, -0.05) is 31.4 Å². The average Bonchev–Trinajstić information content (AvgIpc) is 3.15. The maximum absolute atomic E-state index is 12.3. The van der Waals surface area contributed by atoms with E-state index in [2.05, 4.69) is 5.32 Å². The Hall–Kier alpha value is -3.33. The van der Waals surface area contributed by atoms with Crippen molar-refractivity contribution >= 4 is 18.0 Å². The number of hydrogen-bond acceptors (Lipinski definition) is 4. The normalized spacial score (nSPS) is 15.1. The molecule has 0 radical (unpaired) electrons. The third kappa shape index (κ3) is 4.64. The summed E-state index contributed by atoms with van der Waals surface area (Å²) < 4.78 is 5.68. The lowest BCUT2D eigenvalue weighted by atomic mass is 9.95. The van der Waals surface area contributed by atoms with Crippen LogP contribution in [0.2, 0.25) is 0 Å². The molecule has 3 rings (SSSR count). The molecule has 6 nitrogen and oxygen atoms in total. The van der Waals surface area contributed by atoms with Gasteiger partial charge in [-0.2, -0.15) is 5.26 Å². The highest BCUT2D eigenvalue weighted by atomic mass is 16.4. The van der Waals surface area contributed by atoms with E-state index in [1.807, 2.05) is 6.07 Å². The first kappa shape index (κ1) is 18.5. The number of nitrogens with one attached hydrogen (secondary N) is 1. The number of amides is 1. The molecule has 1 saturated carbocycles. The van der Waals surface area contributed by atoms with Gasteiger partial charge in [0.2, 0.25) is 0 Å². The predicted octanol–water partition coefficient (Wildman–Crippen LogP) is 4.00. The highest BCUT2D eigenvalue weighted by molar-refractivity contribution is 6.01. The van der Waals surface area contributed by atoms with E-state index < -0.39 is 11.9 Å². The molecule has 0 bridgehead atoms. The third-order valence-corrected chi connectivity index (χ3v) is 4.61. The van der Waals surface area contributed by atoms with Crippen LogP contribution in [0.25, 0.3) is 17.4 Å². The second-order valence-corrected chi connectivity index (χ2v) is 6.57. The third-order valence-electron chi connectivity index (χ3n) is 4.61. The Morgan fingerprint density at radius 1 is 1.19 bits per heavy atom. The molecule has 1 aromatic carbocycles. The minimum atomic E-state index is -1.02. The molecule has 0 aliphatic heterocycles. The van der Waals surface area contributed by atoms with Crippen molar-refractivity contribution in [2.45, 2.75) is 38.1 Å². The van der Waals surface area contributed by atoms with Crippen LogP contribution in [-0.2, 0) is 4.79 Å². The van der Waals surface area contributed by atoms with E-state index in [1.165, 1.54) is 24.6 Å². The molecule has 6 heteroatoms. The predicted molar refractivity (Wildman–Crippen MR) is 99.7 cm³/mol. The molecule has 1 fully saturated rings. The highest BCUT2D eigenvalue weighted by Gasteiger charge is 2.18. The summed E-state index contributed by atoms with van der Waals surface area (Å²) >= 11 is 0. The highest BCUT2D eigenvalue weighted by Crippen LogP contribution is 2.24. The van der Waals surface area contributed by atoms with E-state index in [9.17, 15) is 14.9 Å². The Labute approximate surface area is 157 Å². The molecule has 1 aliphatic carbocycles. The fourth-order valence-electron chi connectivity index (χ4n) is 3.19. The topological polar surface area (TPSA) is 103 Å². The first-order valence-corrected chi connectivity index (χ1v) is 8.93. The molecule has 0 atom stereocenters. The van der Waals surface area contributed by atoms with Crippen molar-refractivity contribution in [2.75, 3.05) is 0 Å². The van der Waals surface area contributed by atoms with Gasteiger partial charge < -0.3 is 14.8 Å². The van der Waals surface area contributed by atoms with Crippen LogP contribution in [0, 0.1) is 11.3 Å². The number of hydrogen-bond donors (Lipinski definition) is 2. The van der Waals surface area contributed by atoms with Crippen LogP contribution in [-0.4, -0.2) is 23.0 Å². The van der Waals surface area contributed by atoms with Gasteiger partial charge in [0.1, 0.15) is 23.2 Å². The summed E-state index contributed by atoms with van der Waals surface area (Å²) in [5, 5.41) is 21.3. The lowest BCUT2D eigenvalue weighted by Crippen LogP contribution is -2.36. The van der Waals surface area contributed by atoms with E-state index in [0.717, 1.165) is 25.7 Å². The molecule has 2 aromatic rings. The fourth-order valence-corrected chi connectivity index (χ4v) is 3.19. The summed E-state index contributed by atoms with van der Waals surface area (Å²) in [4.78, 5) is 23.4.